The molecular formula is C16H21F2N3. The molecule has 0 saturated heterocycles. The molecule has 21 heavy (non-hydrogen) atoms. The Labute approximate surface area is 123 Å². The Balaban J connectivity index is 2.27. The zero-order valence-corrected chi connectivity index (χ0v) is 12.7. The highest BCUT2D eigenvalue weighted by molar-refractivity contribution is 5.27. The Bertz CT molecular complexity index is 635. The van der Waals surface area contributed by atoms with Gasteiger partial charge in [0, 0.05) is 23.4 Å². The summed E-state index contributed by atoms with van der Waals surface area (Å²) in [5, 5.41) is 4.46. The first kappa shape index (κ1) is 15.6. The number of hydrogen-bond acceptors (Lipinski definition) is 2. The van der Waals surface area contributed by atoms with Crippen molar-refractivity contribution in [1.29, 1.82) is 0 Å². The second-order valence-corrected chi connectivity index (χ2v) is 5.42. The van der Waals surface area contributed by atoms with Crippen LogP contribution in [-0.4, -0.2) is 15.8 Å². The lowest BCUT2D eigenvalue weighted by atomic mass is 10.0. The van der Waals surface area contributed by atoms with Gasteiger partial charge in [-0.05, 0) is 38.3 Å². The number of aryl methyl sites for hydroxylation is 1. The van der Waals surface area contributed by atoms with Gasteiger partial charge >= 0.3 is 0 Å². The fraction of sp³-hybridized carbons (Fsp3) is 0.438. The van der Waals surface area contributed by atoms with E-state index < -0.39 is 11.6 Å². The standard InChI is InChI=1S/C16H21F2N3/c1-4-14(19)8-15-10(2)20-21(11(15)3)9-12-5-6-13(17)7-16(12)18/h5-7,14H,4,8-9,19H2,1-3H3. The molecule has 0 bridgehead atoms. The van der Waals surface area contributed by atoms with Crippen molar-refractivity contribution in [2.45, 2.75) is 46.2 Å². The Morgan fingerprint density at radius 3 is 2.62 bits per heavy atom. The molecule has 0 radical (unpaired) electrons. The highest BCUT2D eigenvalue weighted by Crippen LogP contribution is 2.18. The smallest absolute Gasteiger partial charge is 0.131 e. The molecule has 0 spiro atoms. The summed E-state index contributed by atoms with van der Waals surface area (Å²) in [6, 6.07) is 3.72. The van der Waals surface area contributed by atoms with E-state index in [1.165, 1.54) is 12.1 Å². The van der Waals surface area contributed by atoms with Crippen LogP contribution in [0.1, 0.15) is 35.9 Å². The molecule has 5 heteroatoms. The van der Waals surface area contributed by atoms with Crippen molar-refractivity contribution < 1.29 is 8.78 Å². The highest BCUT2D eigenvalue weighted by Gasteiger charge is 2.15. The summed E-state index contributed by atoms with van der Waals surface area (Å²) in [6.45, 7) is 6.23. The SMILES string of the molecule is CCC(N)Cc1c(C)nn(Cc2ccc(F)cc2F)c1C. The van der Waals surface area contributed by atoms with Gasteiger partial charge in [0.25, 0.3) is 0 Å². The number of hydrogen-bond donors (Lipinski definition) is 1. The minimum Gasteiger partial charge on any atom is -0.327 e. The van der Waals surface area contributed by atoms with Crippen molar-refractivity contribution in [2.24, 2.45) is 5.73 Å². The Morgan fingerprint density at radius 1 is 1.29 bits per heavy atom. The van der Waals surface area contributed by atoms with Gasteiger partial charge in [0.05, 0.1) is 12.2 Å². The van der Waals surface area contributed by atoms with Gasteiger partial charge in [-0.3, -0.25) is 4.68 Å². The molecule has 2 rings (SSSR count). The van der Waals surface area contributed by atoms with Gasteiger partial charge in [-0.25, -0.2) is 8.78 Å². The van der Waals surface area contributed by atoms with E-state index in [0.29, 0.717) is 12.1 Å². The molecule has 2 aromatic rings. The lowest BCUT2D eigenvalue weighted by Gasteiger charge is -2.10. The first-order valence-corrected chi connectivity index (χ1v) is 7.14. The fourth-order valence-electron chi connectivity index (χ4n) is 2.40. The molecule has 0 aliphatic carbocycles. The average molecular weight is 293 g/mol. The minimum atomic E-state index is -0.570. The number of halogens is 2. The van der Waals surface area contributed by atoms with E-state index in [2.05, 4.69) is 5.10 Å². The van der Waals surface area contributed by atoms with Crippen LogP contribution in [0.4, 0.5) is 8.78 Å². The van der Waals surface area contributed by atoms with Crippen molar-refractivity contribution in [3.8, 4) is 0 Å². The van der Waals surface area contributed by atoms with Crippen LogP contribution in [0.2, 0.25) is 0 Å². The van der Waals surface area contributed by atoms with Crippen LogP contribution in [0.3, 0.4) is 0 Å². The van der Waals surface area contributed by atoms with Crippen LogP contribution < -0.4 is 5.73 Å². The predicted molar refractivity (Wildman–Crippen MR) is 79.1 cm³/mol. The van der Waals surface area contributed by atoms with Crippen LogP contribution >= 0.6 is 0 Å². The first-order valence-electron chi connectivity index (χ1n) is 7.14. The molecular weight excluding hydrogens is 272 g/mol. The molecule has 1 heterocycles. The van der Waals surface area contributed by atoms with Crippen LogP contribution in [0, 0.1) is 25.5 Å². The topological polar surface area (TPSA) is 43.8 Å². The van der Waals surface area contributed by atoms with Crippen molar-refractivity contribution in [2.75, 3.05) is 0 Å². The largest absolute Gasteiger partial charge is 0.327 e. The summed E-state index contributed by atoms with van der Waals surface area (Å²) in [5.41, 5.74) is 9.45. The van der Waals surface area contributed by atoms with Crippen molar-refractivity contribution in [1.82, 2.24) is 9.78 Å². The lowest BCUT2D eigenvalue weighted by Crippen LogP contribution is -2.22. The maximum absolute atomic E-state index is 13.7. The molecule has 1 aromatic carbocycles. The third kappa shape index (κ3) is 3.47. The first-order chi connectivity index (χ1) is 9.92. The van der Waals surface area contributed by atoms with E-state index in [4.69, 9.17) is 5.73 Å². The van der Waals surface area contributed by atoms with E-state index in [9.17, 15) is 8.78 Å². The van der Waals surface area contributed by atoms with Crippen molar-refractivity contribution in [3.63, 3.8) is 0 Å². The number of nitrogens with zero attached hydrogens (tertiary/aromatic N) is 2. The van der Waals surface area contributed by atoms with E-state index in [1.807, 2.05) is 20.8 Å². The van der Waals surface area contributed by atoms with Crippen LogP contribution in [0.25, 0.3) is 0 Å². The third-order valence-corrected chi connectivity index (χ3v) is 3.86. The Morgan fingerprint density at radius 2 is 2.00 bits per heavy atom. The predicted octanol–water partition coefficient (Wildman–Crippen LogP) is 3.11. The van der Waals surface area contributed by atoms with E-state index >= 15 is 0 Å². The zero-order valence-electron chi connectivity index (χ0n) is 12.7. The van der Waals surface area contributed by atoms with E-state index in [-0.39, 0.29) is 6.04 Å². The number of aromatic nitrogens is 2. The monoisotopic (exact) mass is 293 g/mol. The lowest BCUT2D eigenvalue weighted by molar-refractivity contribution is 0.554. The average Bonchev–Trinajstić information content (AvgIpc) is 2.69. The zero-order chi connectivity index (χ0) is 15.6. The van der Waals surface area contributed by atoms with Gasteiger partial charge in [-0.2, -0.15) is 5.10 Å². The molecule has 0 amide bonds. The van der Waals surface area contributed by atoms with Crippen LogP contribution in [-0.2, 0) is 13.0 Å². The van der Waals surface area contributed by atoms with Crippen molar-refractivity contribution >= 4 is 0 Å². The highest BCUT2D eigenvalue weighted by atomic mass is 19.1. The normalized spacial score (nSPS) is 12.7. The second kappa shape index (κ2) is 6.35. The maximum Gasteiger partial charge on any atom is 0.131 e. The minimum absolute atomic E-state index is 0.0996. The third-order valence-electron chi connectivity index (χ3n) is 3.86. The van der Waals surface area contributed by atoms with Gasteiger partial charge in [-0.1, -0.05) is 13.0 Å². The number of benzene rings is 1. The van der Waals surface area contributed by atoms with Gasteiger partial charge in [0.2, 0.25) is 0 Å². The molecule has 1 atom stereocenters. The van der Waals surface area contributed by atoms with Crippen LogP contribution in [0.5, 0.6) is 0 Å². The van der Waals surface area contributed by atoms with E-state index in [1.54, 1.807) is 4.68 Å². The quantitative estimate of drug-likeness (QED) is 0.920. The molecule has 1 unspecified atom stereocenters. The molecule has 0 fully saturated rings. The summed E-state index contributed by atoms with van der Waals surface area (Å²) in [6.07, 6.45) is 1.66. The van der Waals surface area contributed by atoms with Crippen LogP contribution in [0.15, 0.2) is 18.2 Å². The number of nitrogens with two attached hydrogens (primary N) is 1. The number of rotatable bonds is 5. The molecule has 114 valence electrons. The summed E-state index contributed by atoms with van der Waals surface area (Å²) < 4.78 is 28.4. The molecule has 1 aromatic heterocycles. The molecule has 0 saturated carbocycles. The van der Waals surface area contributed by atoms with E-state index in [0.717, 1.165) is 35.9 Å². The van der Waals surface area contributed by atoms with Crippen molar-refractivity contribution in [3.05, 3.63) is 52.3 Å². The molecule has 0 aliphatic rings. The Hall–Kier alpha value is -1.75. The molecule has 0 aliphatic heterocycles. The fourth-order valence-corrected chi connectivity index (χ4v) is 2.40. The summed E-state index contributed by atoms with van der Waals surface area (Å²) >= 11 is 0. The summed E-state index contributed by atoms with van der Waals surface area (Å²) in [7, 11) is 0. The van der Waals surface area contributed by atoms with Gasteiger partial charge in [0.1, 0.15) is 11.6 Å². The molecule has 3 nitrogen and oxygen atoms in total. The van der Waals surface area contributed by atoms with Gasteiger partial charge in [0.15, 0.2) is 0 Å². The summed E-state index contributed by atoms with van der Waals surface area (Å²) in [4.78, 5) is 0. The second-order valence-electron chi connectivity index (χ2n) is 5.42. The molecule has 2 N–H and O–H groups in total. The van der Waals surface area contributed by atoms with Gasteiger partial charge < -0.3 is 5.73 Å². The maximum atomic E-state index is 13.7. The van der Waals surface area contributed by atoms with Gasteiger partial charge in [-0.15, -0.1) is 0 Å². The summed E-state index contributed by atoms with van der Waals surface area (Å²) in [5.74, 6) is -1.12. The Kier molecular flexibility index (Phi) is 4.73.